The Bertz CT molecular complexity index is 731. The van der Waals surface area contributed by atoms with Gasteiger partial charge >= 0.3 is 0 Å². The van der Waals surface area contributed by atoms with Gasteiger partial charge in [0.05, 0.1) is 6.04 Å². The summed E-state index contributed by atoms with van der Waals surface area (Å²) < 4.78 is 6.10. The van der Waals surface area contributed by atoms with Crippen LogP contribution in [0.5, 0.6) is 5.75 Å². The van der Waals surface area contributed by atoms with E-state index in [1.807, 2.05) is 34.1 Å². The Morgan fingerprint density at radius 1 is 1.07 bits per heavy atom. The molecule has 4 rings (SSSR count). The number of piperidine rings is 1. The number of carbonyl (C=O) groups is 2. The van der Waals surface area contributed by atoms with Gasteiger partial charge in [-0.2, -0.15) is 0 Å². The van der Waals surface area contributed by atoms with E-state index in [0.29, 0.717) is 23.9 Å². The maximum Gasteiger partial charge on any atom is 0.254 e. The molecule has 1 aromatic carbocycles. The van der Waals surface area contributed by atoms with Gasteiger partial charge < -0.3 is 14.5 Å². The van der Waals surface area contributed by atoms with Crippen LogP contribution in [0.3, 0.4) is 0 Å². The zero-order valence-corrected chi connectivity index (χ0v) is 16.7. The van der Waals surface area contributed by atoms with Crippen molar-refractivity contribution in [1.82, 2.24) is 9.80 Å². The maximum atomic E-state index is 12.8. The van der Waals surface area contributed by atoms with Crippen LogP contribution in [-0.4, -0.2) is 53.4 Å². The lowest BCUT2D eigenvalue weighted by Gasteiger charge is -2.32. The fourth-order valence-electron chi connectivity index (χ4n) is 4.17. The molecule has 0 N–H and O–H groups in total. The lowest BCUT2D eigenvalue weighted by molar-refractivity contribution is -0.134. The van der Waals surface area contributed by atoms with E-state index in [1.54, 1.807) is 0 Å². The lowest BCUT2D eigenvalue weighted by Crippen LogP contribution is -2.42. The van der Waals surface area contributed by atoms with Crippen molar-refractivity contribution in [3.05, 3.63) is 42.0 Å². The number of nitrogens with zero attached hydrogens (tertiary/aromatic N) is 2. The van der Waals surface area contributed by atoms with Crippen LogP contribution in [0.25, 0.3) is 0 Å². The third kappa shape index (κ3) is 4.23. The largest absolute Gasteiger partial charge is 0.490 e. The van der Waals surface area contributed by atoms with Crippen molar-refractivity contribution in [3.63, 3.8) is 0 Å². The van der Waals surface area contributed by atoms with Crippen molar-refractivity contribution in [2.45, 2.75) is 57.6 Å². The molecule has 1 aromatic rings. The Balaban J connectivity index is 1.29. The summed E-state index contributed by atoms with van der Waals surface area (Å²) in [7, 11) is 0. The molecule has 0 unspecified atom stereocenters. The average Bonchev–Trinajstić information content (AvgIpc) is 3.47. The summed E-state index contributed by atoms with van der Waals surface area (Å²) >= 11 is 0. The summed E-state index contributed by atoms with van der Waals surface area (Å²) in [5.41, 5.74) is 0.710. The first-order chi connectivity index (χ1) is 13.7. The van der Waals surface area contributed by atoms with Gasteiger partial charge in [-0.1, -0.05) is 25.5 Å². The SMILES string of the molecule is CCC[C@H]1C=CCN1C(=O)c1ccc(OC2CCN(C(=O)C3CC3)CC2)cc1. The van der Waals surface area contributed by atoms with Crippen LogP contribution in [0.4, 0.5) is 0 Å². The molecule has 150 valence electrons. The number of rotatable bonds is 6. The highest BCUT2D eigenvalue weighted by molar-refractivity contribution is 5.95. The summed E-state index contributed by atoms with van der Waals surface area (Å²) in [6.07, 6.45) is 10.3. The molecule has 5 heteroatoms. The second-order valence-corrected chi connectivity index (χ2v) is 8.18. The summed E-state index contributed by atoms with van der Waals surface area (Å²) in [6.45, 7) is 4.42. The standard InChI is InChI=1S/C23H30N2O3/c1-2-4-19-5-3-14-25(19)23(27)18-8-10-20(11-9-18)28-21-12-15-24(16-13-21)22(26)17-6-7-17/h3,5,8-11,17,19,21H,2,4,6-7,12-16H2,1H3/t19-/m0/s1. The van der Waals surface area contributed by atoms with Gasteiger partial charge in [0, 0.05) is 44.0 Å². The van der Waals surface area contributed by atoms with E-state index in [9.17, 15) is 9.59 Å². The average molecular weight is 383 g/mol. The summed E-state index contributed by atoms with van der Waals surface area (Å²) in [5, 5.41) is 0. The number of ether oxygens (including phenoxy) is 1. The molecule has 2 amide bonds. The second kappa shape index (κ2) is 8.38. The molecule has 0 aromatic heterocycles. The molecule has 2 fully saturated rings. The maximum absolute atomic E-state index is 12.8. The lowest BCUT2D eigenvalue weighted by atomic mass is 10.1. The zero-order chi connectivity index (χ0) is 19.5. The van der Waals surface area contributed by atoms with E-state index in [4.69, 9.17) is 4.74 Å². The molecular formula is C23H30N2O3. The van der Waals surface area contributed by atoms with E-state index in [-0.39, 0.29) is 18.1 Å². The molecule has 1 saturated carbocycles. The molecule has 1 aliphatic carbocycles. The fourth-order valence-corrected chi connectivity index (χ4v) is 4.17. The van der Waals surface area contributed by atoms with Gasteiger partial charge in [0.15, 0.2) is 0 Å². The molecule has 2 aliphatic heterocycles. The van der Waals surface area contributed by atoms with Gasteiger partial charge in [-0.15, -0.1) is 0 Å². The minimum Gasteiger partial charge on any atom is -0.490 e. The van der Waals surface area contributed by atoms with E-state index < -0.39 is 0 Å². The smallest absolute Gasteiger partial charge is 0.254 e. The molecule has 5 nitrogen and oxygen atoms in total. The highest BCUT2D eigenvalue weighted by Crippen LogP contribution is 2.32. The molecular weight excluding hydrogens is 352 g/mol. The summed E-state index contributed by atoms with van der Waals surface area (Å²) in [5.74, 6) is 1.51. The van der Waals surface area contributed by atoms with Crippen LogP contribution in [0.1, 0.15) is 55.8 Å². The minimum atomic E-state index is 0.0851. The highest BCUT2D eigenvalue weighted by atomic mass is 16.5. The first-order valence-electron chi connectivity index (χ1n) is 10.7. The van der Waals surface area contributed by atoms with Crippen molar-refractivity contribution in [2.75, 3.05) is 19.6 Å². The van der Waals surface area contributed by atoms with Gasteiger partial charge in [-0.05, 0) is 43.5 Å². The summed E-state index contributed by atoms with van der Waals surface area (Å²) in [6, 6.07) is 7.74. The van der Waals surface area contributed by atoms with Crippen LogP contribution in [0.15, 0.2) is 36.4 Å². The van der Waals surface area contributed by atoms with Crippen LogP contribution < -0.4 is 4.74 Å². The quantitative estimate of drug-likeness (QED) is 0.706. The van der Waals surface area contributed by atoms with Crippen LogP contribution in [-0.2, 0) is 4.79 Å². The first kappa shape index (κ1) is 19.0. The zero-order valence-electron chi connectivity index (χ0n) is 16.7. The van der Waals surface area contributed by atoms with Crippen molar-refractivity contribution >= 4 is 11.8 Å². The highest BCUT2D eigenvalue weighted by Gasteiger charge is 2.35. The molecule has 2 heterocycles. The minimum absolute atomic E-state index is 0.0851. The number of hydrogen-bond acceptors (Lipinski definition) is 3. The molecule has 0 bridgehead atoms. The molecule has 1 atom stereocenters. The number of benzene rings is 1. The number of carbonyl (C=O) groups excluding carboxylic acids is 2. The molecule has 3 aliphatic rings. The van der Waals surface area contributed by atoms with Crippen molar-refractivity contribution in [1.29, 1.82) is 0 Å². The van der Waals surface area contributed by atoms with Crippen LogP contribution in [0, 0.1) is 5.92 Å². The van der Waals surface area contributed by atoms with Gasteiger partial charge in [0.25, 0.3) is 5.91 Å². The number of amides is 2. The predicted octanol–water partition coefficient (Wildman–Crippen LogP) is 3.65. The Morgan fingerprint density at radius 2 is 1.79 bits per heavy atom. The molecule has 1 saturated heterocycles. The van der Waals surface area contributed by atoms with Crippen molar-refractivity contribution in [2.24, 2.45) is 5.92 Å². The Morgan fingerprint density at radius 3 is 2.43 bits per heavy atom. The third-order valence-electron chi connectivity index (χ3n) is 5.99. The monoisotopic (exact) mass is 382 g/mol. The Hall–Kier alpha value is -2.30. The Labute approximate surface area is 167 Å². The topological polar surface area (TPSA) is 49.9 Å². The van der Waals surface area contributed by atoms with Crippen molar-refractivity contribution in [3.8, 4) is 5.75 Å². The van der Waals surface area contributed by atoms with Crippen molar-refractivity contribution < 1.29 is 14.3 Å². The van der Waals surface area contributed by atoms with Gasteiger partial charge in [-0.3, -0.25) is 9.59 Å². The van der Waals surface area contributed by atoms with E-state index in [1.165, 1.54) is 0 Å². The third-order valence-corrected chi connectivity index (χ3v) is 5.99. The van der Waals surface area contributed by atoms with Gasteiger partial charge in [0.1, 0.15) is 11.9 Å². The van der Waals surface area contributed by atoms with Crippen LogP contribution >= 0.6 is 0 Å². The van der Waals surface area contributed by atoms with Gasteiger partial charge in [-0.25, -0.2) is 0 Å². The second-order valence-electron chi connectivity index (χ2n) is 8.18. The molecule has 0 spiro atoms. The Kier molecular flexibility index (Phi) is 5.69. The molecule has 28 heavy (non-hydrogen) atoms. The normalized spacial score (nSPS) is 22.5. The van der Waals surface area contributed by atoms with E-state index in [0.717, 1.165) is 57.4 Å². The predicted molar refractivity (Wildman–Crippen MR) is 108 cm³/mol. The first-order valence-corrected chi connectivity index (χ1v) is 10.7. The molecule has 0 radical (unpaired) electrons. The summed E-state index contributed by atoms with van der Waals surface area (Å²) in [4.78, 5) is 28.9. The van der Waals surface area contributed by atoms with E-state index >= 15 is 0 Å². The van der Waals surface area contributed by atoms with Crippen LogP contribution in [0.2, 0.25) is 0 Å². The number of hydrogen-bond donors (Lipinski definition) is 0. The van der Waals surface area contributed by atoms with E-state index in [2.05, 4.69) is 19.1 Å². The van der Waals surface area contributed by atoms with Gasteiger partial charge in [0.2, 0.25) is 5.91 Å². The number of likely N-dealkylation sites (tertiary alicyclic amines) is 1. The fraction of sp³-hybridized carbons (Fsp3) is 0.565.